The maximum absolute atomic E-state index is 6.12. The van der Waals surface area contributed by atoms with Crippen LogP contribution in [0.5, 0.6) is 17.2 Å². The standard InChI is InChI=1S/C33H30N3O3.ClH/c1-37-30-18-15-25(32(38-2)33(30)39-3)21-35-28-10-6-7-11-29(28)36-27-17-13-22(20-24(27)16-19-31(35)36)12-14-23-8-4-5-9-26(23)34;/h4-20H,21,34H2,1-3H3;1H/q+1;/p-1/b14-12+;. The molecule has 0 saturated carbocycles. The Bertz CT molecular complexity index is 1880. The number of rotatable bonds is 7. The fraction of sp³-hybridized carbons (Fsp3) is 0.121. The van der Waals surface area contributed by atoms with Crippen LogP contribution < -0.4 is 36.8 Å². The van der Waals surface area contributed by atoms with Crippen molar-refractivity contribution in [1.29, 1.82) is 0 Å². The zero-order chi connectivity index (χ0) is 26.9. The molecule has 0 spiro atoms. The number of halogens is 1. The fourth-order valence-electron chi connectivity index (χ4n) is 5.32. The van der Waals surface area contributed by atoms with Gasteiger partial charge < -0.3 is 32.4 Å². The Balaban J connectivity index is 0.00000323. The SMILES string of the molecule is COc1ccc(Cn2c3ccccc3[n+]3c4ccc(/C=C/c5ccccc5N)cc4ccc23)c(OC)c1OC.[Cl-]. The van der Waals surface area contributed by atoms with Gasteiger partial charge in [0.25, 0.3) is 5.65 Å². The van der Waals surface area contributed by atoms with Gasteiger partial charge in [-0.3, -0.25) is 0 Å². The van der Waals surface area contributed by atoms with Gasteiger partial charge >= 0.3 is 0 Å². The normalized spacial score (nSPS) is 11.3. The molecule has 0 aliphatic heterocycles. The third-order valence-corrected chi connectivity index (χ3v) is 7.19. The van der Waals surface area contributed by atoms with Gasteiger partial charge in [0.15, 0.2) is 22.5 Å². The minimum atomic E-state index is 0. The molecule has 2 N–H and O–H groups in total. The van der Waals surface area contributed by atoms with Crippen LogP contribution in [-0.2, 0) is 6.54 Å². The highest BCUT2D eigenvalue weighted by Gasteiger charge is 2.24. The van der Waals surface area contributed by atoms with E-state index in [2.05, 4.69) is 75.7 Å². The summed E-state index contributed by atoms with van der Waals surface area (Å²) >= 11 is 0. The first-order chi connectivity index (χ1) is 19.1. The predicted octanol–water partition coefficient (Wildman–Crippen LogP) is 3.36. The lowest BCUT2D eigenvalue weighted by atomic mass is 10.1. The highest BCUT2D eigenvalue weighted by atomic mass is 35.5. The predicted molar refractivity (Wildman–Crippen MR) is 158 cm³/mol. The van der Waals surface area contributed by atoms with Crippen molar-refractivity contribution in [3.8, 4) is 17.2 Å². The van der Waals surface area contributed by atoms with E-state index in [1.807, 2.05) is 36.4 Å². The number of aromatic nitrogens is 2. The molecule has 0 aliphatic rings. The van der Waals surface area contributed by atoms with Crippen molar-refractivity contribution >= 4 is 45.4 Å². The molecule has 202 valence electrons. The maximum Gasteiger partial charge on any atom is 0.287 e. The average molecular weight is 552 g/mol. The van der Waals surface area contributed by atoms with Gasteiger partial charge in [-0.05, 0) is 59.7 Å². The Labute approximate surface area is 239 Å². The molecule has 2 heterocycles. The monoisotopic (exact) mass is 551 g/mol. The van der Waals surface area contributed by atoms with E-state index >= 15 is 0 Å². The molecule has 0 unspecified atom stereocenters. The Morgan fingerprint density at radius 3 is 2.30 bits per heavy atom. The molecule has 0 bridgehead atoms. The highest BCUT2D eigenvalue weighted by molar-refractivity contribution is 5.86. The quantitative estimate of drug-likeness (QED) is 0.188. The molecule has 0 atom stereocenters. The highest BCUT2D eigenvalue weighted by Crippen LogP contribution is 2.40. The van der Waals surface area contributed by atoms with E-state index in [9.17, 15) is 0 Å². The largest absolute Gasteiger partial charge is 1.00 e. The molecule has 0 saturated heterocycles. The first-order valence-corrected chi connectivity index (χ1v) is 12.8. The molecule has 6 aromatic rings. The van der Waals surface area contributed by atoms with E-state index in [0.29, 0.717) is 23.8 Å². The smallest absolute Gasteiger partial charge is 0.287 e. The Kier molecular flexibility index (Phi) is 7.54. The third kappa shape index (κ3) is 4.56. The second-order valence-electron chi connectivity index (χ2n) is 9.38. The van der Waals surface area contributed by atoms with Crippen LogP contribution in [0, 0.1) is 0 Å². The van der Waals surface area contributed by atoms with E-state index in [-0.39, 0.29) is 12.4 Å². The van der Waals surface area contributed by atoms with Gasteiger partial charge in [0.2, 0.25) is 5.75 Å². The molecule has 4 aromatic carbocycles. The molecule has 0 radical (unpaired) electrons. The number of imidazole rings is 1. The van der Waals surface area contributed by atoms with E-state index < -0.39 is 0 Å². The van der Waals surface area contributed by atoms with Gasteiger partial charge in [0, 0.05) is 22.7 Å². The number of anilines is 1. The summed E-state index contributed by atoms with van der Waals surface area (Å²) in [5.74, 6) is 1.90. The Hall–Kier alpha value is -4.68. The summed E-state index contributed by atoms with van der Waals surface area (Å²) < 4.78 is 21.5. The number of benzene rings is 4. The fourth-order valence-corrected chi connectivity index (χ4v) is 5.32. The molecular weight excluding hydrogens is 522 g/mol. The number of hydrogen-bond donors (Lipinski definition) is 1. The first-order valence-electron chi connectivity index (χ1n) is 12.8. The molecule has 6 nitrogen and oxygen atoms in total. The van der Waals surface area contributed by atoms with E-state index in [0.717, 1.165) is 50.0 Å². The van der Waals surface area contributed by atoms with Crippen LogP contribution in [-0.4, -0.2) is 25.9 Å². The van der Waals surface area contributed by atoms with Crippen LogP contribution in [0.1, 0.15) is 16.7 Å². The summed E-state index contributed by atoms with van der Waals surface area (Å²) in [6.07, 6.45) is 4.16. The summed E-state index contributed by atoms with van der Waals surface area (Å²) in [5.41, 5.74) is 14.5. The van der Waals surface area contributed by atoms with Gasteiger partial charge in [0.1, 0.15) is 12.1 Å². The van der Waals surface area contributed by atoms with Crippen molar-refractivity contribution in [2.75, 3.05) is 27.1 Å². The van der Waals surface area contributed by atoms with E-state index in [4.69, 9.17) is 19.9 Å². The average Bonchev–Trinajstić information content (AvgIpc) is 3.29. The van der Waals surface area contributed by atoms with Crippen molar-refractivity contribution in [2.45, 2.75) is 6.54 Å². The van der Waals surface area contributed by atoms with Crippen molar-refractivity contribution in [3.63, 3.8) is 0 Å². The molecule has 7 heteroatoms. The topological polar surface area (TPSA) is 62.7 Å². The van der Waals surface area contributed by atoms with Gasteiger partial charge in [-0.2, -0.15) is 4.40 Å². The summed E-state index contributed by atoms with van der Waals surface area (Å²) in [5, 5.41) is 1.15. The molecule has 0 aliphatic carbocycles. The number of nitrogen functional groups attached to an aromatic ring is 1. The second-order valence-corrected chi connectivity index (χ2v) is 9.38. The number of ether oxygens (including phenoxy) is 3. The van der Waals surface area contributed by atoms with Crippen LogP contribution in [0.2, 0.25) is 0 Å². The van der Waals surface area contributed by atoms with Crippen LogP contribution in [0.15, 0.2) is 91.0 Å². The molecule has 40 heavy (non-hydrogen) atoms. The number of pyridine rings is 1. The van der Waals surface area contributed by atoms with Crippen LogP contribution >= 0.6 is 0 Å². The van der Waals surface area contributed by atoms with Crippen molar-refractivity contribution < 1.29 is 31.0 Å². The molecule has 6 rings (SSSR count). The van der Waals surface area contributed by atoms with Crippen LogP contribution in [0.3, 0.4) is 0 Å². The van der Waals surface area contributed by atoms with Gasteiger partial charge in [-0.25, -0.2) is 4.57 Å². The van der Waals surface area contributed by atoms with Gasteiger partial charge in [-0.1, -0.05) is 48.6 Å². The maximum atomic E-state index is 6.12. The molecule has 0 fully saturated rings. The van der Waals surface area contributed by atoms with Gasteiger partial charge in [-0.15, -0.1) is 0 Å². The number of para-hydroxylation sites is 3. The van der Waals surface area contributed by atoms with Crippen molar-refractivity contribution in [3.05, 3.63) is 108 Å². The van der Waals surface area contributed by atoms with Crippen LogP contribution in [0.25, 0.3) is 39.7 Å². The number of fused-ring (bicyclic) bond motifs is 5. The van der Waals surface area contributed by atoms with Crippen molar-refractivity contribution in [1.82, 2.24) is 4.57 Å². The lowest BCUT2D eigenvalue weighted by Crippen LogP contribution is -3.00. The lowest BCUT2D eigenvalue weighted by Gasteiger charge is -2.15. The minimum Gasteiger partial charge on any atom is -1.00 e. The number of nitrogens with zero attached hydrogens (tertiary/aromatic N) is 2. The summed E-state index contributed by atoms with van der Waals surface area (Å²) in [6, 6.07) is 31.2. The number of methoxy groups -OCH3 is 3. The second kappa shape index (κ2) is 11.2. The Morgan fingerprint density at radius 2 is 1.52 bits per heavy atom. The summed E-state index contributed by atoms with van der Waals surface area (Å²) in [7, 11) is 4.92. The van der Waals surface area contributed by atoms with E-state index in [1.54, 1.807) is 21.3 Å². The van der Waals surface area contributed by atoms with E-state index in [1.165, 1.54) is 0 Å². The lowest BCUT2D eigenvalue weighted by molar-refractivity contribution is -0.450. The van der Waals surface area contributed by atoms with Gasteiger partial charge in [0.05, 0.1) is 21.3 Å². The Morgan fingerprint density at radius 1 is 0.750 bits per heavy atom. The summed E-state index contributed by atoms with van der Waals surface area (Å²) in [6.45, 7) is 0.603. The summed E-state index contributed by atoms with van der Waals surface area (Å²) in [4.78, 5) is 0. The van der Waals surface area contributed by atoms with Crippen molar-refractivity contribution in [2.24, 2.45) is 0 Å². The first kappa shape index (κ1) is 26.9. The molecule has 0 amide bonds. The third-order valence-electron chi connectivity index (χ3n) is 7.19. The zero-order valence-corrected chi connectivity index (χ0v) is 23.4. The minimum absolute atomic E-state index is 0. The molecule has 2 aromatic heterocycles. The number of nitrogens with two attached hydrogens (primary N) is 1. The molecular formula is C33H30ClN3O3. The van der Waals surface area contributed by atoms with Crippen LogP contribution in [0.4, 0.5) is 5.69 Å². The number of hydrogen-bond acceptors (Lipinski definition) is 4. The zero-order valence-electron chi connectivity index (χ0n) is 22.6.